The molecule has 2 amide bonds. The van der Waals surface area contributed by atoms with Crippen LogP contribution >= 0.6 is 0 Å². The molecule has 0 fully saturated rings. The fraction of sp³-hybridized carbons (Fsp3) is 0.600. The van der Waals surface area contributed by atoms with E-state index < -0.39 is 5.41 Å². The Balaban J connectivity index is 2.75. The number of rotatable bonds is 9. The van der Waals surface area contributed by atoms with Crippen LogP contribution in [0.2, 0.25) is 0 Å². The second-order valence-electron chi connectivity index (χ2n) is 7.55. The first-order valence-electron chi connectivity index (χ1n) is 8.94. The van der Waals surface area contributed by atoms with Crippen LogP contribution in [0.3, 0.4) is 0 Å². The molecule has 0 atom stereocenters. The lowest BCUT2D eigenvalue weighted by Crippen LogP contribution is -2.51. The molecule has 25 heavy (non-hydrogen) atoms. The lowest BCUT2D eigenvalue weighted by atomic mass is 9.89. The van der Waals surface area contributed by atoms with Crippen molar-refractivity contribution in [3.63, 3.8) is 0 Å². The normalized spacial score (nSPS) is 11.7. The Labute approximate surface area is 152 Å². The predicted octanol–water partition coefficient (Wildman–Crippen LogP) is 2.52. The standard InChI is InChI=1S/C20H33N3O2/c1-16(2)23(15-17-11-8-7-9-12-17)19(25)20(3,4)18(24)21-13-10-14-22(5)6/h7-9,11-12,16H,10,13-15H2,1-6H3,(H,21,24). The van der Waals surface area contributed by atoms with E-state index in [9.17, 15) is 9.59 Å². The number of nitrogens with zero attached hydrogens (tertiary/aromatic N) is 2. The zero-order chi connectivity index (χ0) is 19.0. The first-order chi connectivity index (χ1) is 11.7. The molecule has 0 aliphatic rings. The number of nitrogens with one attached hydrogen (secondary N) is 1. The van der Waals surface area contributed by atoms with Gasteiger partial charge in [-0.05, 0) is 60.3 Å². The number of hydrogen-bond donors (Lipinski definition) is 1. The third-order valence-electron chi connectivity index (χ3n) is 4.25. The topological polar surface area (TPSA) is 52.7 Å². The van der Waals surface area contributed by atoms with E-state index in [-0.39, 0.29) is 17.9 Å². The Morgan fingerprint density at radius 2 is 1.72 bits per heavy atom. The molecular formula is C20H33N3O2. The monoisotopic (exact) mass is 347 g/mol. The number of carbonyl (C=O) groups excluding carboxylic acids is 2. The van der Waals surface area contributed by atoms with Gasteiger partial charge in [0.1, 0.15) is 5.41 Å². The smallest absolute Gasteiger partial charge is 0.238 e. The van der Waals surface area contributed by atoms with Gasteiger partial charge in [-0.15, -0.1) is 0 Å². The van der Waals surface area contributed by atoms with E-state index >= 15 is 0 Å². The van der Waals surface area contributed by atoms with Crippen LogP contribution in [0.25, 0.3) is 0 Å². The van der Waals surface area contributed by atoms with Crippen LogP contribution in [0.15, 0.2) is 30.3 Å². The summed E-state index contributed by atoms with van der Waals surface area (Å²) in [6.07, 6.45) is 0.862. The summed E-state index contributed by atoms with van der Waals surface area (Å²) in [5, 5.41) is 2.90. The quantitative estimate of drug-likeness (QED) is 0.552. The summed E-state index contributed by atoms with van der Waals surface area (Å²) in [5.74, 6) is -0.355. The highest BCUT2D eigenvalue weighted by Gasteiger charge is 2.39. The highest BCUT2D eigenvalue weighted by molar-refractivity contribution is 6.04. The maximum atomic E-state index is 13.1. The summed E-state index contributed by atoms with van der Waals surface area (Å²) in [6.45, 7) is 9.36. The Hall–Kier alpha value is -1.88. The van der Waals surface area contributed by atoms with E-state index in [1.54, 1.807) is 18.7 Å². The molecule has 1 aromatic rings. The maximum absolute atomic E-state index is 13.1. The average Bonchev–Trinajstić information content (AvgIpc) is 2.56. The molecule has 0 aromatic heterocycles. The molecule has 0 saturated heterocycles. The summed E-state index contributed by atoms with van der Waals surface area (Å²) >= 11 is 0. The van der Waals surface area contributed by atoms with E-state index in [1.807, 2.05) is 58.3 Å². The van der Waals surface area contributed by atoms with Gasteiger partial charge in [-0.25, -0.2) is 0 Å². The van der Waals surface area contributed by atoms with Crippen LogP contribution < -0.4 is 5.32 Å². The Morgan fingerprint density at radius 3 is 2.24 bits per heavy atom. The van der Waals surface area contributed by atoms with Gasteiger partial charge in [-0.2, -0.15) is 0 Å². The molecule has 140 valence electrons. The number of benzene rings is 1. The van der Waals surface area contributed by atoms with Crippen molar-refractivity contribution in [2.45, 2.75) is 46.7 Å². The Morgan fingerprint density at radius 1 is 1.12 bits per heavy atom. The molecule has 0 heterocycles. The summed E-state index contributed by atoms with van der Waals surface area (Å²) in [5.41, 5.74) is -0.0243. The van der Waals surface area contributed by atoms with Gasteiger partial charge >= 0.3 is 0 Å². The summed E-state index contributed by atoms with van der Waals surface area (Å²) in [4.78, 5) is 29.5. The third-order valence-corrected chi connectivity index (χ3v) is 4.25. The minimum absolute atomic E-state index is 0.0218. The summed E-state index contributed by atoms with van der Waals surface area (Å²) in [6, 6.07) is 9.89. The fourth-order valence-corrected chi connectivity index (χ4v) is 2.54. The minimum atomic E-state index is -1.09. The zero-order valence-corrected chi connectivity index (χ0v) is 16.5. The molecule has 0 spiro atoms. The van der Waals surface area contributed by atoms with Gasteiger partial charge in [-0.3, -0.25) is 9.59 Å². The number of amides is 2. The van der Waals surface area contributed by atoms with Crippen molar-refractivity contribution in [2.75, 3.05) is 27.2 Å². The van der Waals surface area contributed by atoms with Crippen molar-refractivity contribution >= 4 is 11.8 Å². The third kappa shape index (κ3) is 6.50. The van der Waals surface area contributed by atoms with E-state index in [4.69, 9.17) is 0 Å². The van der Waals surface area contributed by atoms with Crippen LogP contribution in [-0.2, 0) is 16.1 Å². The first kappa shape index (κ1) is 21.2. The Bertz CT molecular complexity index is 553. The van der Waals surface area contributed by atoms with Crippen LogP contribution in [0, 0.1) is 5.41 Å². The molecule has 1 rings (SSSR count). The van der Waals surface area contributed by atoms with Crippen LogP contribution in [0.4, 0.5) is 0 Å². The van der Waals surface area contributed by atoms with Gasteiger partial charge in [0.15, 0.2) is 0 Å². The lowest BCUT2D eigenvalue weighted by Gasteiger charge is -2.34. The largest absolute Gasteiger partial charge is 0.355 e. The number of carbonyl (C=O) groups is 2. The van der Waals surface area contributed by atoms with Crippen LogP contribution in [-0.4, -0.2) is 54.8 Å². The van der Waals surface area contributed by atoms with Crippen LogP contribution in [0.1, 0.15) is 39.7 Å². The van der Waals surface area contributed by atoms with Crippen molar-refractivity contribution in [1.82, 2.24) is 15.1 Å². The molecule has 0 unspecified atom stereocenters. The van der Waals surface area contributed by atoms with Crippen molar-refractivity contribution in [3.8, 4) is 0 Å². The van der Waals surface area contributed by atoms with Gasteiger partial charge in [0.25, 0.3) is 0 Å². The molecule has 5 heteroatoms. The molecule has 5 nitrogen and oxygen atoms in total. The van der Waals surface area contributed by atoms with Crippen molar-refractivity contribution in [1.29, 1.82) is 0 Å². The van der Waals surface area contributed by atoms with Gasteiger partial charge in [0.2, 0.25) is 11.8 Å². The molecule has 0 aliphatic heterocycles. The molecule has 1 aromatic carbocycles. The predicted molar refractivity (Wildman–Crippen MR) is 102 cm³/mol. The van der Waals surface area contributed by atoms with E-state index in [2.05, 4.69) is 10.2 Å². The summed E-state index contributed by atoms with van der Waals surface area (Å²) < 4.78 is 0. The Kier molecular flexibility index (Phi) is 8.10. The molecule has 0 aliphatic carbocycles. The maximum Gasteiger partial charge on any atom is 0.238 e. The fourth-order valence-electron chi connectivity index (χ4n) is 2.54. The van der Waals surface area contributed by atoms with E-state index in [0.717, 1.165) is 18.5 Å². The van der Waals surface area contributed by atoms with Crippen LogP contribution in [0.5, 0.6) is 0 Å². The van der Waals surface area contributed by atoms with Gasteiger partial charge in [0, 0.05) is 19.1 Å². The highest BCUT2D eigenvalue weighted by Crippen LogP contribution is 2.22. The molecule has 0 radical (unpaired) electrons. The molecule has 0 saturated carbocycles. The highest BCUT2D eigenvalue weighted by atomic mass is 16.2. The average molecular weight is 348 g/mol. The van der Waals surface area contributed by atoms with Crippen molar-refractivity contribution < 1.29 is 9.59 Å². The minimum Gasteiger partial charge on any atom is -0.355 e. The van der Waals surface area contributed by atoms with Crippen molar-refractivity contribution in [2.24, 2.45) is 5.41 Å². The van der Waals surface area contributed by atoms with Gasteiger partial charge < -0.3 is 15.1 Å². The van der Waals surface area contributed by atoms with E-state index in [1.165, 1.54) is 0 Å². The lowest BCUT2D eigenvalue weighted by molar-refractivity contribution is -0.150. The summed E-state index contributed by atoms with van der Waals surface area (Å²) in [7, 11) is 4.00. The molecule has 1 N–H and O–H groups in total. The SMILES string of the molecule is CC(C)N(Cc1ccccc1)C(=O)C(C)(C)C(=O)NCCCN(C)C. The van der Waals surface area contributed by atoms with Gasteiger partial charge in [0.05, 0.1) is 0 Å². The zero-order valence-electron chi connectivity index (χ0n) is 16.5. The van der Waals surface area contributed by atoms with E-state index in [0.29, 0.717) is 13.1 Å². The molecule has 0 bridgehead atoms. The van der Waals surface area contributed by atoms with Crippen molar-refractivity contribution in [3.05, 3.63) is 35.9 Å². The second kappa shape index (κ2) is 9.56. The first-order valence-corrected chi connectivity index (χ1v) is 8.94. The second-order valence-corrected chi connectivity index (χ2v) is 7.55. The molecular weight excluding hydrogens is 314 g/mol. The number of hydrogen-bond acceptors (Lipinski definition) is 3. The van der Waals surface area contributed by atoms with Gasteiger partial charge in [-0.1, -0.05) is 30.3 Å².